The number of nitrogens with zero attached hydrogens (tertiary/aromatic N) is 1. The maximum atomic E-state index is 12.1. The number of halogens is 1. The molecule has 114 valence electrons. The van der Waals surface area contributed by atoms with Crippen LogP contribution in [0.2, 0.25) is 5.02 Å². The molecule has 7 heteroatoms. The molecule has 1 aliphatic rings. The second-order valence-corrected chi connectivity index (χ2v) is 5.07. The summed E-state index contributed by atoms with van der Waals surface area (Å²) in [6.45, 7) is 0.117. The molecule has 0 N–H and O–H groups in total. The lowest BCUT2D eigenvalue weighted by atomic mass is 10.2. The number of rotatable bonds is 3. The molecule has 1 amide bonds. The van der Waals surface area contributed by atoms with E-state index in [9.17, 15) is 9.59 Å². The van der Waals surface area contributed by atoms with E-state index in [0.29, 0.717) is 22.2 Å². The normalized spacial score (nSPS) is 13.5. The number of amides is 1. The summed E-state index contributed by atoms with van der Waals surface area (Å²) in [6.07, 6.45) is 0. The van der Waals surface area contributed by atoms with Gasteiger partial charge >= 0.3 is 5.97 Å². The lowest BCUT2D eigenvalue weighted by Crippen LogP contribution is -2.38. The van der Waals surface area contributed by atoms with Gasteiger partial charge in [-0.15, -0.1) is 0 Å². The van der Waals surface area contributed by atoms with Gasteiger partial charge in [0, 0.05) is 5.02 Å². The summed E-state index contributed by atoms with van der Waals surface area (Å²) in [6, 6.07) is 8.18. The van der Waals surface area contributed by atoms with Gasteiger partial charge < -0.3 is 13.9 Å². The summed E-state index contributed by atoms with van der Waals surface area (Å²) < 4.78 is 15.3. The Hall–Kier alpha value is -2.47. The molecule has 1 aliphatic heterocycles. The van der Waals surface area contributed by atoms with Crippen molar-refractivity contribution in [1.29, 1.82) is 0 Å². The highest BCUT2D eigenvalue weighted by atomic mass is 35.5. The highest BCUT2D eigenvalue weighted by Gasteiger charge is 2.27. The number of furan rings is 1. The third-order valence-electron chi connectivity index (χ3n) is 3.23. The molecule has 1 aromatic carbocycles. The first-order valence-electron chi connectivity index (χ1n) is 6.48. The lowest BCUT2D eigenvalue weighted by Gasteiger charge is -2.28. The number of fused-ring (bicyclic) bond motifs is 1. The molecule has 0 saturated heterocycles. The molecule has 22 heavy (non-hydrogen) atoms. The third kappa shape index (κ3) is 2.65. The molecule has 3 rings (SSSR count). The fourth-order valence-electron chi connectivity index (χ4n) is 2.18. The van der Waals surface area contributed by atoms with Gasteiger partial charge in [-0.05, 0) is 30.3 Å². The molecule has 0 aliphatic carbocycles. The summed E-state index contributed by atoms with van der Waals surface area (Å²) in [7, 11) is 1.27. The van der Waals surface area contributed by atoms with Crippen LogP contribution in [0, 0.1) is 0 Å². The summed E-state index contributed by atoms with van der Waals surface area (Å²) in [5, 5.41) is 0.497. The van der Waals surface area contributed by atoms with Crippen molar-refractivity contribution in [2.75, 3.05) is 18.6 Å². The van der Waals surface area contributed by atoms with Gasteiger partial charge in [-0.2, -0.15) is 0 Å². The van der Waals surface area contributed by atoms with E-state index >= 15 is 0 Å². The number of carbonyl (C=O) groups is 2. The molecule has 0 saturated carbocycles. The van der Waals surface area contributed by atoms with Crippen LogP contribution in [0.1, 0.15) is 16.3 Å². The van der Waals surface area contributed by atoms with Crippen LogP contribution in [0.15, 0.2) is 34.7 Å². The second-order valence-electron chi connectivity index (χ2n) is 4.64. The van der Waals surface area contributed by atoms with Crippen molar-refractivity contribution in [3.05, 3.63) is 46.9 Å². The van der Waals surface area contributed by atoms with Gasteiger partial charge in [-0.3, -0.25) is 9.69 Å². The van der Waals surface area contributed by atoms with E-state index in [1.807, 2.05) is 0 Å². The number of ether oxygens (including phenoxy) is 2. The van der Waals surface area contributed by atoms with Crippen LogP contribution in [0.4, 0.5) is 5.69 Å². The van der Waals surface area contributed by atoms with Crippen molar-refractivity contribution in [1.82, 2.24) is 0 Å². The van der Waals surface area contributed by atoms with Crippen LogP contribution in [-0.2, 0) is 16.1 Å². The number of hydrogen-bond acceptors (Lipinski definition) is 5. The zero-order chi connectivity index (χ0) is 15.7. The topological polar surface area (TPSA) is 69.0 Å². The Kier molecular flexibility index (Phi) is 3.77. The van der Waals surface area contributed by atoms with Crippen molar-refractivity contribution in [3.8, 4) is 5.75 Å². The molecule has 0 radical (unpaired) electrons. The van der Waals surface area contributed by atoms with Crippen LogP contribution in [0.25, 0.3) is 0 Å². The molecule has 1 aromatic heterocycles. The predicted molar refractivity (Wildman–Crippen MR) is 78.2 cm³/mol. The number of anilines is 1. The maximum Gasteiger partial charge on any atom is 0.373 e. The summed E-state index contributed by atoms with van der Waals surface area (Å²) >= 11 is 5.98. The summed E-state index contributed by atoms with van der Waals surface area (Å²) in [4.78, 5) is 25.0. The summed E-state index contributed by atoms with van der Waals surface area (Å²) in [5.41, 5.74) is 0.569. The fraction of sp³-hybridized carbons (Fsp3) is 0.200. The quantitative estimate of drug-likeness (QED) is 0.813. The number of benzene rings is 1. The highest BCUT2D eigenvalue weighted by molar-refractivity contribution is 6.31. The number of hydrogen-bond donors (Lipinski definition) is 0. The van der Waals surface area contributed by atoms with Crippen LogP contribution < -0.4 is 9.64 Å². The second kappa shape index (κ2) is 5.73. The zero-order valence-electron chi connectivity index (χ0n) is 11.7. The molecule has 2 aromatic rings. The molecular formula is C15H12ClNO5. The molecular weight excluding hydrogens is 310 g/mol. The highest BCUT2D eigenvalue weighted by Crippen LogP contribution is 2.35. The average Bonchev–Trinajstić information content (AvgIpc) is 2.98. The number of carbonyl (C=O) groups excluding carboxylic acids is 2. The first-order chi connectivity index (χ1) is 10.6. The molecule has 0 atom stereocenters. The van der Waals surface area contributed by atoms with E-state index in [-0.39, 0.29) is 24.8 Å². The van der Waals surface area contributed by atoms with Gasteiger partial charge in [0.15, 0.2) is 6.61 Å². The summed E-state index contributed by atoms with van der Waals surface area (Å²) in [5.74, 6) is 0.337. The Morgan fingerprint density at radius 1 is 1.36 bits per heavy atom. The Morgan fingerprint density at radius 3 is 2.95 bits per heavy atom. The Balaban J connectivity index is 1.89. The standard InChI is InChI=1S/C15H12ClNO5/c1-20-15(19)13-5-3-10(22-13)7-17-11-6-9(16)2-4-12(11)21-8-14(17)18/h2-6H,7-8H2,1H3. The number of esters is 1. The largest absolute Gasteiger partial charge is 0.482 e. The van der Waals surface area contributed by atoms with Crippen LogP contribution in [0.5, 0.6) is 5.75 Å². The van der Waals surface area contributed by atoms with Crippen LogP contribution in [0.3, 0.4) is 0 Å². The van der Waals surface area contributed by atoms with E-state index in [2.05, 4.69) is 4.74 Å². The first-order valence-corrected chi connectivity index (χ1v) is 6.86. The van der Waals surface area contributed by atoms with Gasteiger partial charge in [0.2, 0.25) is 5.76 Å². The van der Waals surface area contributed by atoms with E-state index in [4.69, 9.17) is 20.8 Å². The van der Waals surface area contributed by atoms with Gasteiger partial charge in [0.25, 0.3) is 5.91 Å². The van der Waals surface area contributed by atoms with Crippen molar-refractivity contribution < 1.29 is 23.5 Å². The third-order valence-corrected chi connectivity index (χ3v) is 3.46. The number of methoxy groups -OCH3 is 1. The molecule has 0 unspecified atom stereocenters. The SMILES string of the molecule is COC(=O)c1ccc(CN2C(=O)COc3ccc(Cl)cc32)o1. The smallest absolute Gasteiger partial charge is 0.373 e. The van der Waals surface area contributed by atoms with Crippen molar-refractivity contribution in [2.24, 2.45) is 0 Å². The van der Waals surface area contributed by atoms with Crippen LogP contribution in [-0.4, -0.2) is 25.6 Å². The van der Waals surface area contributed by atoms with Crippen molar-refractivity contribution >= 4 is 29.2 Å². The molecule has 0 bridgehead atoms. The average molecular weight is 322 g/mol. The predicted octanol–water partition coefficient (Wildman–Crippen LogP) is 2.65. The van der Waals surface area contributed by atoms with Crippen molar-refractivity contribution in [2.45, 2.75) is 6.54 Å². The minimum Gasteiger partial charge on any atom is -0.482 e. The van der Waals surface area contributed by atoms with E-state index < -0.39 is 5.97 Å². The van der Waals surface area contributed by atoms with Gasteiger partial charge in [0.1, 0.15) is 11.5 Å². The van der Waals surface area contributed by atoms with E-state index in [0.717, 1.165) is 0 Å². The van der Waals surface area contributed by atoms with E-state index in [1.165, 1.54) is 18.1 Å². The van der Waals surface area contributed by atoms with Crippen molar-refractivity contribution in [3.63, 3.8) is 0 Å². The van der Waals surface area contributed by atoms with Gasteiger partial charge in [-0.1, -0.05) is 11.6 Å². The maximum absolute atomic E-state index is 12.1. The molecule has 0 fully saturated rings. The fourth-order valence-corrected chi connectivity index (χ4v) is 2.34. The molecule has 6 nitrogen and oxygen atoms in total. The Labute approximate surface area is 131 Å². The monoisotopic (exact) mass is 321 g/mol. The van der Waals surface area contributed by atoms with E-state index in [1.54, 1.807) is 24.3 Å². The minimum atomic E-state index is -0.567. The molecule has 2 heterocycles. The van der Waals surface area contributed by atoms with Crippen LogP contribution >= 0.6 is 11.6 Å². The van der Waals surface area contributed by atoms with Gasteiger partial charge in [0.05, 0.1) is 19.3 Å². The zero-order valence-corrected chi connectivity index (χ0v) is 12.4. The molecule has 0 spiro atoms. The lowest BCUT2D eigenvalue weighted by molar-refractivity contribution is -0.121. The minimum absolute atomic E-state index is 0.0563. The van der Waals surface area contributed by atoms with Gasteiger partial charge in [-0.25, -0.2) is 4.79 Å². The first kappa shape index (κ1) is 14.5. The Bertz CT molecular complexity index is 739. The Morgan fingerprint density at radius 2 is 2.18 bits per heavy atom.